The Bertz CT molecular complexity index is 1010. The van der Waals surface area contributed by atoms with Crippen molar-refractivity contribution in [3.8, 4) is 0 Å². The summed E-state index contributed by atoms with van der Waals surface area (Å²) in [5.41, 5.74) is 2.20. The Morgan fingerprint density at radius 2 is 2.04 bits per heavy atom. The van der Waals surface area contributed by atoms with E-state index in [0.29, 0.717) is 16.6 Å². The van der Waals surface area contributed by atoms with Crippen LogP contribution >= 0.6 is 31.9 Å². The number of anilines is 1. The highest BCUT2D eigenvalue weighted by Crippen LogP contribution is 2.26. The Labute approximate surface area is 161 Å². The van der Waals surface area contributed by atoms with E-state index in [4.69, 9.17) is 0 Å². The molecule has 0 spiro atoms. The van der Waals surface area contributed by atoms with Crippen LogP contribution in [0.4, 0.5) is 5.69 Å². The predicted octanol–water partition coefficient (Wildman–Crippen LogP) is 4.26. The van der Waals surface area contributed by atoms with Crippen molar-refractivity contribution >= 4 is 54.4 Å². The molecule has 0 radical (unpaired) electrons. The summed E-state index contributed by atoms with van der Waals surface area (Å²) in [7, 11) is 0. The van der Waals surface area contributed by atoms with Gasteiger partial charge in [-0.25, -0.2) is 4.98 Å². The maximum atomic E-state index is 12.5. The third-order valence-corrected chi connectivity index (χ3v) is 5.02. The number of carbonyl (C=O) groups is 1. The van der Waals surface area contributed by atoms with E-state index < -0.39 is 0 Å². The molecule has 3 rings (SSSR count). The first-order chi connectivity index (χ1) is 12.0. The van der Waals surface area contributed by atoms with E-state index in [9.17, 15) is 9.59 Å². The molecule has 0 fully saturated rings. The third kappa shape index (κ3) is 3.99. The number of fused-ring (bicyclic) bond motifs is 1. The molecule has 0 aliphatic carbocycles. The largest absolute Gasteiger partial charge is 0.325 e. The fraction of sp³-hybridized carbons (Fsp3) is 0.167. The fourth-order valence-electron chi connectivity index (χ4n) is 2.52. The minimum atomic E-state index is -0.171. The number of para-hydroxylation sites is 1. The zero-order valence-corrected chi connectivity index (χ0v) is 16.6. The Hall–Kier alpha value is -1.99. The van der Waals surface area contributed by atoms with Gasteiger partial charge in [-0.05, 0) is 52.7 Å². The molecule has 2 aromatic carbocycles. The lowest BCUT2D eigenvalue weighted by Crippen LogP contribution is -2.24. The van der Waals surface area contributed by atoms with Gasteiger partial charge in [0.1, 0.15) is 0 Å². The molecule has 1 amide bonds. The van der Waals surface area contributed by atoms with Crippen molar-refractivity contribution in [3.63, 3.8) is 0 Å². The van der Waals surface area contributed by atoms with Gasteiger partial charge in [-0.3, -0.25) is 14.2 Å². The molecule has 1 aromatic heterocycles. The Balaban J connectivity index is 1.74. The fourth-order valence-corrected chi connectivity index (χ4v) is 3.23. The van der Waals surface area contributed by atoms with Crippen molar-refractivity contribution in [2.24, 2.45) is 0 Å². The minimum absolute atomic E-state index is 0.134. The van der Waals surface area contributed by atoms with Gasteiger partial charge >= 0.3 is 0 Å². The average molecular weight is 465 g/mol. The summed E-state index contributed by atoms with van der Waals surface area (Å²) < 4.78 is 3.14. The molecule has 128 valence electrons. The van der Waals surface area contributed by atoms with Crippen molar-refractivity contribution in [3.05, 3.63) is 67.6 Å². The zero-order chi connectivity index (χ0) is 18.0. The van der Waals surface area contributed by atoms with Crippen LogP contribution < -0.4 is 10.9 Å². The number of nitrogens with zero attached hydrogens (tertiary/aromatic N) is 2. The Kier molecular flexibility index (Phi) is 5.34. The molecule has 0 saturated carbocycles. The van der Waals surface area contributed by atoms with Crippen molar-refractivity contribution in [1.29, 1.82) is 0 Å². The smallest absolute Gasteiger partial charge is 0.261 e. The Morgan fingerprint density at radius 3 is 2.84 bits per heavy atom. The van der Waals surface area contributed by atoms with E-state index in [2.05, 4.69) is 42.2 Å². The Morgan fingerprint density at radius 1 is 1.24 bits per heavy atom. The number of halogens is 2. The molecule has 1 N–H and O–H groups in total. The number of rotatable bonds is 4. The molecule has 5 nitrogen and oxygen atoms in total. The van der Waals surface area contributed by atoms with E-state index in [-0.39, 0.29) is 24.4 Å². The van der Waals surface area contributed by atoms with Crippen molar-refractivity contribution in [2.75, 3.05) is 5.32 Å². The van der Waals surface area contributed by atoms with Crippen LogP contribution in [-0.2, 0) is 11.3 Å². The van der Waals surface area contributed by atoms with Crippen molar-refractivity contribution in [2.45, 2.75) is 19.9 Å². The van der Waals surface area contributed by atoms with E-state index in [1.165, 1.54) is 10.9 Å². The molecule has 0 saturated heterocycles. The zero-order valence-electron chi connectivity index (χ0n) is 13.4. The second kappa shape index (κ2) is 7.49. The summed E-state index contributed by atoms with van der Waals surface area (Å²) in [6, 6.07) is 11.0. The van der Waals surface area contributed by atoms with Crippen molar-refractivity contribution < 1.29 is 4.79 Å². The first-order valence-corrected chi connectivity index (χ1v) is 9.24. The summed E-state index contributed by atoms with van der Waals surface area (Å²) in [4.78, 5) is 29.1. The number of amides is 1. The number of hydrogen-bond acceptors (Lipinski definition) is 3. The van der Waals surface area contributed by atoms with Crippen molar-refractivity contribution in [1.82, 2.24) is 9.55 Å². The lowest BCUT2D eigenvalue weighted by molar-refractivity contribution is -0.116. The highest BCUT2D eigenvalue weighted by atomic mass is 79.9. The molecule has 0 aliphatic heterocycles. The SMILES string of the molecule is Cc1cccc2c(=O)n(CCC(=O)Nc3cc(Br)ccc3Br)cnc12. The predicted molar refractivity (Wildman–Crippen MR) is 106 cm³/mol. The number of aromatic nitrogens is 2. The highest BCUT2D eigenvalue weighted by Gasteiger charge is 2.09. The van der Waals surface area contributed by atoms with E-state index in [1.807, 2.05) is 37.3 Å². The first-order valence-electron chi connectivity index (χ1n) is 7.65. The van der Waals surface area contributed by atoms with Gasteiger partial charge < -0.3 is 5.32 Å². The van der Waals surface area contributed by atoms with Crippen LogP contribution in [0, 0.1) is 6.92 Å². The molecule has 3 aromatic rings. The number of hydrogen-bond donors (Lipinski definition) is 1. The van der Waals surface area contributed by atoms with Crippen LogP contribution in [0.1, 0.15) is 12.0 Å². The van der Waals surface area contributed by atoms with Gasteiger partial charge in [-0.2, -0.15) is 0 Å². The van der Waals surface area contributed by atoms with E-state index >= 15 is 0 Å². The lowest BCUT2D eigenvalue weighted by Gasteiger charge is -2.10. The molecule has 7 heteroatoms. The molecular formula is C18H15Br2N3O2. The summed E-state index contributed by atoms with van der Waals surface area (Å²) >= 11 is 6.77. The molecule has 0 unspecified atom stereocenters. The molecule has 0 bridgehead atoms. The van der Waals surface area contributed by atoms with Crippen LogP contribution in [0.25, 0.3) is 10.9 Å². The maximum absolute atomic E-state index is 12.5. The average Bonchev–Trinajstić information content (AvgIpc) is 2.58. The molecule has 0 atom stereocenters. The molecular weight excluding hydrogens is 450 g/mol. The van der Waals surface area contributed by atoms with Gasteiger partial charge in [0.15, 0.2) is 0 Å². The number of aryl methyl sites for hydroxylation is 2. The lowest BCUT2D eigenvalue weighted by atomic mass is 10.1. The monoisotopic (exact) mass is 463 g/mol. The molecule has 0 aliphatic rings. The quantitative estimate of drug-likeness (QED) is 0.627. The number of nitrogens with one attached hydrogen (secondary N) is 1. The summed E-state index contributed by atoms with van der Waals surface area (Å²) in [6.07, 6.45) is 1.68. The van der Waals surface area contributed by atoms with Crippen LogP contribution in [0.15, 0.2) is 56.5 Å². The summed E-state index contributed by atoms with van der Waals surface area (Å²) in [6.45, 7) is 2.19. The van der Waals surface area contributed by atoms with Crippen LogP contribution in [-0.4, -0.2) is 15.5 Å². The standard InChI is InChI=1S/C18H15Br2N3O2/c1-11-3-2-4-13-17(11)21-10-23(18(13)25)8-7-16(24)22-15-9-12(19)5-6-14(15)20/h2-6,9-10H,7-8H2,1H3,(H,22,24). The highest BCUT2D eigenvalue weighted by molar-refractivity contribution is 9.11. The first kappa shape index (κ1) is 17.8. The van der Waals surface area contributed by atoms with Crippen LogP contribution in [0.2, 0.25) is 0 Å². The second-order valence-corrected chi connectivity index (χ2v) is 7.41. The van der Waals surface area contributed by atoms with Gasteiger partial charge in [0.25, 0.3) is 5.56 Å². The normalized spacial score (nSPS) is 10.8. The van der Waals surface area contributed by atoms with Gasteiger partial charge in [0, 0.05) is 21.9 Å². The van der Waals surface area contributed by atoms with Crippen LogP contribution in [0.5, 0.6) is 0 Å². The van der Waals surface area contributed by atoms with Gasteiger partial charge in [-0.15, -0.1) is 0 Å². The number of carbonyl (C=O) groups excluding carboxylic acids is 1. The number of benzene rings is 2. The molecule has 1 heterocycles. The van der Waals surface area contributed by atoms with E-state index in [0.717, 1.165) is 14.5 Å². The minimum Gasteiger partial charge on any atom is -0.325 e. The van der Waals surface area contributed by atoms with E-state index in [1.54, 1.807) is 6.07 Å². The third-order valence-electron chi connectivity index (χ3n) is 3.84. The summed E-state index contributed by atoms with van der Waals surface area (Å²) in [5, 5.41) is 3.40. The van der Waals surface area contributed by atoms with Gasteiger partial charge in [0.05, 0.1) is 22.9 Å². The van der Waals surface area contributed by atoms with Gasteiger partial charge in [-0.1, -0.05) is 28.1 Å². The van der Waals surface area contributed by atoms with Crippen LogP contribution in [0.3, 0.4) is 0 Å². The van der Waals surface area contributed by atoms with Gasteiger partial charge in [0.2, 0.25) is 5.91 Å². The second-order valence-electron chi connectivity index (χ2n) is 5.64. The summed E-state index contributed by atoms with van der Waals surface area (Å²) in [5.74, 6) is -0.171. The topological polar surface area (TPSA) is 64.0 Å². The maximum Gasteiger partial charge on any atom is 0.261 e. The molecule has 25 heavy (non-hydrogen) atoms.